The van der Waals surface area contributed by atoms with Crippen LogP contribution in [0.2, 0.25) is 5.15 Å². The third-order valence-corrected chi connectivity index (χ3v) is 1.79. The van der Waals surface area contributed by atoms with E-state index in [4.69, 9.17) is 16.9 Å². The maximum Gasteiger partial charge on any atom is 0.422 e. The van der Waals surface area contributed by atoms with Gasteiger partial charge in [0.25, 0.3) is 0 Å². The molecule has 0 radical (unpaired) electrons. The molecule has 0 aromatic carbocycles. The van der Waals surface area contributed by atoms with Crippen molar-refractivity contribution in [3.63, 3.8) is 0 Å². The average Bonchev–Trinajstić information content (AvgIpc) is 2.07. The van der Waals surface area contributed by atoms with Gasteiger partial charge >= 0.3 is 11.3 Å². The van der Waals surface area contributed by atoms with Crippen LogP contribution in [0.15, 0.2) is 12.3 Å². The molecule has 0 saturated carbocycles. The Hall–Kier alpha value is -1.48. The number of nitriles is 1. The molecule has 1 rings (SSSR count). The molecule has 1 aromatic rings. The SMILES string of the molecule is N#Cc1cc(C(F)(F)F)c[n+]([O-])c1Cl. The molecule has 0 fully saturated rings. The molecular weight excluding hydrogens is 221 g/mol. The van der Waals surface area contributed by atoms with Crippen LogP contribution in [0.1, 0.15) is 11.1 Å². The lowest BCUT2D eigenvalue weighted by atomic mass is 10.2. The first-order valence-corrected chi connectivity index (χ1v) is 3.64. The lowest BCUT2D eigenvalue weighted by Gasteiger charge is -2.07. The summed E-state index contributed by atoms with van der Waals surface area (Å²) in [5.41, 5.74) is -1.70. The summed E-state index contributed by atoms with van der Waals surface area (Å²) in [6.07, 6.45) is -4.38. The van der Waals surface area contributed by atoms with Crippen LogP contribution < -0.4 is 4.73 Å². The minimum absolute atomic E-state index is 0.192. The summed E-state index contributed by atoms with van der Waals surface area (Å²) in [5, 5.41) is 18.6. The monoisotopic (exact) mass is 222 g/mol. The average molecular weight is 223 g/mol. The molecule has 0 aliphatic carbocycles. The van der Waals surface area contributed by atoms with Gasteiger partial charge in [-0.25, -0.2) is 0 Å². The van der Waals surface area contributed by atoms with Crippen molar-refractivity contribution in [1.82, 2.24) is 0 Å². The fourth-order valence-corrected chi connectivity index (χ4v) is 0.933. The molecule has 0 saturated heterocycles. The van der Waals surface area contributed by atoms with Crippen molar-refractivity contribution < 1.29 is 17.9 Å². The van der Waals surface area contributed by atoms with E-state index in [0.29, 0.717) is 6.07 Å². The van der Waals surface area contributed by atoms with E-state index < -0.39 is 22.5 Å². The quantitative estimate of drug-likeness (QED) is 0.382. The van der Waals surface area contributed by atoms with Crippen molar-refractivity contribution in [3.05, 3.63) is 33.8 Å². The summed E-state index contributed by atoms with van der Waals surface area (Å²) in [7, 11) is 0. The van der Waals surface area contributed by atoms with Crippen molar-refractivity contribution in [1.29, 1.82) is 5.26 Å². The van der Waals surface area contributed by atoms with E-state index in [1.54, 1.807) is 0 Å². The first-order chi connectivity index (χ1) is 6.36. The Morgan fingerprint density at radius 2 is 2.07 bits per heavy atom. The van der Waals surface area contributed by atoms with Crippen LogP contribution in [0.3, 0.4) is 0 Å². The number of hydrogen-bond acceptors (Lipinski definition) is 2. The fraction of sp³-hybridized carbons (Fsp3) is 0.143. The van der Waals surface area contributed by atoms with Crippen molar-refractivity contribution in [3.8, 4) is 6.07 Å². The summed E-state index contributed by atoms with van der Waals surface area (Å²) in [5.74, 6) is 0. The van der Waals surface area contributed by atoms with Gasteiger partial charge in [0.15, 0.2) is 6.20 Å². The van der Waals surface area contributed by atoms with E-state index in [2.05, 4.69) is 0 Å². The first-order valence-electron chi connectivity index (χ1n) is 3.26. The number of hydrogen-bond donors (Lipinski definition) is 0. The third kappa shape index (κ3) is 1.88. The van der Waals surface area contributed by atoms with Gasteiger partial charge < -0.3 is 5.21 Å². The summed E-state index contributed by atoms with van der Waals surface area (Å²) < 4.78 is 36.1. The molecule has 0 unspecified atom stereocenters. The zero-order chi connectivity index (χ0) is 10.9. The highest BCUT2D eigenvalue weighted by Gasteiger charge is 2.34. The first kappa shape index (κ1) is 10.6. The van der Waals surface area contributed by atoms with Crippen molar-refractivity contribution in [2.75, 3.05) is 0 Å². The van der Waals surface area contributed by atoms with E-state index in [9.17, 15) is 18.4 Å². The van der Waals surface area contributed by atoms with Gasteiger partial charge in [0, 0.05) is 0 Å². The highest BCUT2D eigenvalue weighted by atomic mass is 35.5. The Kier molecular flexibility index (Phi) is 2.53. The molecule has 0 spiro atoms. The number of halogens is 4. The molecule has 0 aliphatic rings. The highest BCUT2D eigenvalue weighted by Crippen LogP contribution is 2.29. The minimum atomic E-state index is -4.66. The molecule has 0 bridgehead atoms. The maximum atomic E-state index is 12.1. The Balaban J connectivity index is 3.40. The number of pyridine rings is 1. The van der Waals surface area contributed by atoms with Crippen LogP contribution in [-0.4, -0.2) is 0 Å². The van der Waals surface area contributed by atoms with Gasteiger partial charge in [-0.3, -0.25) is 0 Å². The minimum Gasteiger partial charge on any atom is -0.618 e. The van der Waals surface area contributed by atoms with Gasteiger partial charge in [0.1, 0.15) is 17.2 Å². The lowest BCUT2D eigenvalue weighted by Crippen LogP contribution is -2.30. The van der Waals surface area contributed by atoms with Crippen LogP contribution >= 0.6 is 11.6 Å². The summed E-state index contributed by atoms with van der Waals surface area (Å²) in [6, 6.07) is 1.92. The Morgan fingerprint density at radius 3 is 2.50 bits per heavy atom. The molecule has 1 heterocycles. The zero-order valence-corrected chi connectivity index (χ0v) is 7.23. The largest absolute Gasteiger partial charge is 0.618 e. The molecule has 1 aromatic heterocycles. The smallest absolute Gasteiger partial charge is 0.422 e. The van der Waals surface area contributed by atoms with Crippen LogP contribution in [0, 0.1) is 16.5 Å². The van der Waals surface area contributed by atoms with Crippen LogP contribution in [0.25, 0.3) is 0 Å². The van der Waals surface area contributed by atoms with Gasteiger partial charge in [-0.15, -0.1) is 0 Å². The van der Waals surface area contributed by atoms with Crippen molar-refractivity contribution >= 4 is 11.6 Å². The molecular formula is C7H2ClF3N2O. The number of nitrogens with zero attached hydrogens (tertiary/aromatic N) is 2. The van der Waals surface area contributed by atoms with Crippen molar-refractivity contribution in [2.24, 2.45) is 0 Å². The Bertz CT molecular complexity index is 411. The summed E-state index contributed by atoms with van der Waals surface area (Å²) in [6.45, 7) is 0. The molecule has 0 aliphatic heterocycles. The molecule has 0 N–H and O–H groups in total. The lowest BCUT2D eigenvalue weighted by molar-refractivity contribution is -0.604. The predicted octanol–water partition coefficient (Wildman–Crippen LogP) is 1.86. The maximum absolute atomic E-state index is 12.1. The summed E-state index contributed by atoms with van der Waals surface area (Å²) >= 11 is 5.28. The molecule has 0 atom stereocenters. The molecule has 14 heavy (non-hydrogen) atoms. The topological polar surface area (TPSA) is 50.7 Å². The second kappa shape index (κ2) is 3.35. The third-order valence-electron chi connectivity index (χ3n) is 1.42. The van der Waals surface area contributed by atoms with E-state index in [1.807, 2.05) is 0 Å². The van der Waals surface area contributed by atoms with E-state index in [1.165, 1.54) is 6.07 Å². The molecule has 0 amide bonds. The van der Waals surface area contributed by atoms with Gasteiger partial charge in [-0.05, 0) is 17.7 Å². The van der Waals surface area contributed by atoms with Crippen LogP contribution in [0.4, 0.5) is 13.2 Å². The van der Waals surface area contributed by atoms with Gasteiger partial charge in [-0.1, -0.05) is 0 Å². The number of alkyl halides is 3. The zero-order valence-electron chi connectivity index (χ0n) is 6.47. The second-order valence-corrected chi connectivity index (χ2v) is 2.73. The van der Waals surface area contributed by atoms with Gasteiger partial charge in [0.2, 0.25) is 0 Å². The van der Waals surface area contributed by atoms with E-state index in [-0.39, 0.29) is 10.9 Å². The second-order valence-electron chi connectivity index (χ2n) is 2.37. The predicted molar refractivity (Wildman–Crippen MR) is 40.1 cm³/mol. The molecule has 3 nitrogen and oxygen atoms in total. The fourth-order valence-electron chi connectivity index (χ4n) is 0.787. The van der Waals surface area contributed by atoms with Crippen molar-refractivity contribution in [2.45, 2.75) is 6.18 Å². The highest BCUT2D eigenvalue weighted by molar-refractivity contribution is 6.29. The van der Waals surface area contributed by atoms with Gasteiger partial charge in [0.05, 0.1) is 0 Å². The number of rotatable bonds is 0. The normalized spacial score (nSPS) is 11.1. The van der Waals surface area contributed by atoms with E-state index >= 15 is 0 Å². The molecule has 74 valence electrons. The summed E-state index contributed by atoms with van der Waals surface area (Å²) in [4.78, 5) is 0. The van der Waals surface area contributed by atoms with E-state index in [0.717, 1.165) is 0 Å². The Morgan fingerprint density at radius 1 is 1.50 bits per heavy atom. The standard InChI is InChI=1S/C7H2ClF3N2O/c8-6-4(2-12)1-5(3-13(6)14)7(9,10)11/h1,3H. The van der Waals surface area contributed by atoms with Crippen LogP contribution in [-0.2, 0) is 6.18 Å². The number of aromatic nitrogens is 1. The molecule has 7 heteroatoms. The Labute approximate surface area is 81.5 Å². The van der Waals surface area contributed by atoms with Gasteiger partial charge in [-0.2, -0.15) is 23.2 Å². The van der Waals surface area contributed by atoms with Crippen LogP contribution in [0.5, 0.6) is 0 Å².